The summed E-state index contributed by atoms with van der Waals surface area (Å²) in [6.07, 6.45) is 4.14. The van der Waals surface area contributed by atoms with Gasteiger partial charge in [-0.25, -0.2) is 0 Å². The van der Waals surface area contributed by atoms with Gasteiger partial charge in [-0.05, 0) is 35.9 Å². The molecular weight excluding hydrogens is 232 g/mol. The zero-order valence-corrected chi connectivity index (χ0v) is 10.5. The smallest absolute Gasteiger partial charge is 0.0259 e. The molecule has 0 aromatic rings. The van der Waals surface area contributed by atoms with Crippen molar-refractivity contribution in [3.05, 3.63) is 0 Å². The molecule has 5 heteroatoms. The molecule has 0 N–H and O–H groups in total. The maximum absolute atomic E-state index is 2.27. The monoisotopic (exact) mass is 244 g/mol. The molecule has 0 nitrogen and oxygen atoms in total. The second-order valence-electron chi connectivity index (χ2n) is 2.35. The Morgan fingerprint density at radius 1 is 1.27 bits per heavy atom. The lowest BCUT2D eigenvalue weighted by atomic mass is 10.2. The van der Waals surface area contributed by atoms with Crippen LogP contribution in [-0.4, -0.2) is 11.0 Å². The summed E-state index contributed by atoms with van der Waals surface area (Å²) >= 11 is 0. The lowest BCUT2D eigenvalue weighted by Gasteiger charge is -2.09. The second kappa shape index (κ2) is 7.18. The molecule has 1 unspecified atom stereocenters. The molecular formula is C6H12S5. The van der Waals surface area contributed by atoms with Gasteiger partial charge in [-0.3, -0.25) is 0 Å². The van der Waals surface area contributed by atoms with Gasteiger partial charge in [0.1, 0.15) is 0 Å². The van der Waals surface area contributed by atoms with Gasteiger partial charge in [-0.2, -0.15) is 0 Å². The molecule has 1 aliphatic heterocycles. The number of unbranched alkanes of at least 4 members (excludes halogenated alkanes) is 1. The zero-order chi connectivity index (χ0) is 7.94. The molecule has 1 rings (SSSR count). The van der Waals surface area contributed by atoms with Gasteiger partial charge in [0, 0.05) is 11.0 Å². The molecule has 11 heavy (non-hydrogen) atoms. The maximum atomic E-state index is 2.27. The van der Waals surface area contributed by atoms with Crippen molar-refractivity contribution < 1.29 is 0 Å². The highest BCUT2D eigenvalue weighted by atomic mass is 33.8. The fourth-order valence-corrected chi connectivity index (χ4v) is 11.1. The van der Waals surface area contributed by atoms with Crippen LogP contribution in [0, 0.1) is 0 Å². The minimum Gasteiger partial charge on any atom is -0.0805 e. The van der Waals surface area contributed by atoms with Gasteiger partial charge in [0.05, 0.1) is 0 Å². The summed E-state index contributed by atoms with van der Waals surface area (Å²) in [5.74, 6) is 1.33. The van der Waals surface area contributed by atoms with E-state index in [1.807, 2.05) is 40.3 Å². The molecule has 1 fully saturated rings. The van der Waals surface area contributed by atoms with Crippen LogP contribution in [0.5, 0.6) is 0 Å². The first-order chi connectivity index (χ1) is 5.43. The molecule has 66 valence electrons. The first-order valence-electron chi connectivity index (χ1n) is 3.71. The number of hydrogen-bond acceptors (Lipinski definition) is 5. The summed E-state index contributed by atoms with van der Waals surface area (Å²) < 4.78 is 0. The van der Waals surface area contributed by atoms with E-state index in [4.69, 9.17) is 0 Å². The number of hydrogen-bond donors (Lipinski definition) is 0. The van der Waals surface area contributed by atoms with Crippen LogP contribution >= 0.6 is 51.1 Å². The van der Waals surface area contributed by atoms with Crippen molar-refractivity contribution in [1.82, 2.24) is 0 Å². The van der Waals surface area contributed by atoms with E-state index in [9.17, 15) is 0 Å². The molecule has 0 bridgehead atoms. The molecule has 0 aliphatic carbocycles. The third kappa shape index (κ3) is 5.13. The molecule has 0 radical (unpaired) electrons. The average molecular weight is 244 g/mol. The Morgan fingerprint density at radius 3 is 3.00 bits per heavy atom. The van der Waals surface area contributed by atoms with E-state index in [0.29, 0.717) is 0 Å². The molecule has 1 heterocycles. The van der Waals surface area contributed by atoms with Crippen molar-refractivity contribution in [3.63, 3.8) is 0 Å². The van der Waals surface area contributed by atoms with E-state index >= 15 is 0 Å². The largest absolute Gasteiger partial charge is 0.0805 e. The normalized spacial score (nSPS) is 26.5. The molecule has 0 aromatic carbocycles. The first kappa shape index (κ1) is 10.8. The highest BCUT2D eigenvalue weighted by Crippen LogP contribution is 2.54. The van der Waals surface area contributed by atoms with Crippen molar-refractivity contribution in [1.29, 1.82) is 0 Å². The van der Waals surface area contributed by atoms with Crippen LogP contribution in [-0.2, 0) is 0 Å². The van der Waals surface area contributed by atoms with Crippen LogP contribution in [0.2, 0.25) is 0 Å². The van der Waals surface area contributed by atoms with Crippen LogP contribution in [0.15, 0.2) is 0 Å². The third-order valence-corrected chi connectivity index (χ3v) is 10.8. The SMILES string of the molecule is CCCCC1CSSSSS1. The predicted octanol–water partition coefficient (Wildman–Crippen LogP) is 4.88. The van der Waals surface area contributed by atoms with Gasteiger partial charge in [0.25, 0.3) is 0 Å². The van der Waals surface area contributed by atoms with Gasteiger partial charge in [-0.1, -0.05) is 41.4 Å². The number of rotatable bonds is 3. The van der Waals surface area contributed by atoms with Gasteiger partial charge < -0.3 is 0 Å². The van der Waals surface area contributed by atoms with Gasteiger partial charge in [0.15, 0.2) is 0 Å². The third-order valence-electron chi connectivity index (χ3n) is 1.41. The zero-order valence-electron chi connectivity index (χ0n) is 6.45. The van der Waals surface area contributed by atoms with Gasteiger partial charge in [0.2, 0.25) is 0 Å². The Kier molecular flexibility index (Phi) is 7.07. The molecule has 0 amide bonds. The Balaban J connectivity index is 2.09. The Hall–Kier alpha value is 1.75. The minimum absolute atomic E-state index is 0.896. The van der Waals surface area contributed by atoms with Crippen LogP contribution in [0.1, 0.15) is 26.2 Å². The lowest BCUT2D eigenvalue weighted by Crippen LogP contribution is -2.02. The lowest BCUT2D eigenvalue weighted by molar-refractivity contribution is 0.720. The Bertz CT molecular complexity index is 89.0. The summed E-state index contributed by atoms with van der Waals surface area (Å²) in [5.41, 5.74) is 0. The molecule has 1 atom stereocenters. The predicted molar refractivity (Wildman–Crippen MR) is 66.1 cm³/mol. The van der Waals surface area contributed by atoms with E-state index in [2.05, 4.69) is 17.7 Å². The summed E-state index contributed by atoms with van der Waals surface area (Å²) in [7, 11) is 9.86. The maximum Gasteiger partial charge on any atom is 0.0259 e. The summed E-state index contributed by atoms with van der Waals surface area (Å²) in [6, 6.07) is 0. The van der Waals surface area contributed by atoms with Gasteiger partial charge >= 0.3 is 0 Å². The van der Waals surface area contributed by atoms with Crippen LogP contribution in [0.3, 0.4) is 0 Å². The topological polar surface area (TPSA) is 0 Å². The van der Waals surface area contributed by atoms with Crippen molar-refractivity contribution in [2.24, 2.45) is 0 Å². The highest BCUT2D eigenvalue weighted by molar-refractivity contribution is 9.36. The van der Waals surface area contributed by atoms with Crippen molar-refractivity contribution >= 4 is 51.1 Å². The van der Waals surface area contributed by atoms with E-state index < -0.39 is 0 Å². The summed E-state index contributed by atoms with van der Waals surface area (Å²) in [6.45, 7) is 2.27. The quantitative estimate of drug-likeness (QED) is 0.647. The van der Waals surface area contributed by atoms with Crippen LogP contribution in [0.25, 0.3) is 0 Å². The Morgan fingerprint density at radius 2 is 2.18 bits per heavy atom. The molecule has 0 aromatic heterocycles. The minimum atomic E-state index is 0.896. The summed E-state index contributed by atoms with van der Waals surface area (Å²) in [4.78, 5) is 0. The van der Waals surface area contributed by atoms with E-state index in [1.165, 1.54) is 25.0 Å². The average Bonchev–Trinajstić information content (AvgIpc) is 2.28. The molecule has 1 saturated heterocycles. The molecule has 0 saturated carbocycles. The van der Waals surface area contributed by atoms with Crippen LogP contribution in [0.4, 0.5) is 0 Å². The first-order valence-corrected chi connectivity index (χ1v) is 10.1. The van der Waals surface area contributed by atoms with Crippen molar-refractivity contribution in [2.75, 3.05) is 5.75 Å². The van der Waals surface area contributed by atoms with Crippen LogP contribution < -0.4 is 0 Å². The van der Waals surface area contributed by atoms with E-state index in [-0.39, 0.29) is 0 Å². The second-order valence-corrected chi connectivity index (χ2v) is 10.4. The Labute approximate surface area is 87.8 Å². The molecule has 0 spiro atoms. The van der Waals surface area contributed by atoms with E-state index in [0.717, 1.165) is 5.25 Å². The fourth-order valence-electron chi connectivity index (χ4n) is 0.797. The summed E-state index contributed by atoms with van der Waals surface area (Å²) in [5, 5.41) is 0.896. The van der Waals surface area contributed by atoms with E-state index in [1.54, 1.807) is 0 Å². The van der Waals surface area contributed by atoms with Gasteiger partial charge in [-0.15, -0.1) is 0 Å². The van der Waals surface area contributed by atoms with Crippen molar-refractivity contribution in [2.45, 2.75) is 31.4 Å². The standard InChI is InChI=1S/C6H12S5/c1-2-3-4-6-5-7-9-11-10-8-6/h6H,2-5H2,1H3. The molecule has 1 aliphatic rings. The van der Waals surface area contributed by atoms with Crippen molar-refractivity contribution in [3.8, 4) is 0 Å². The highest BCUT2D eigenvalue weighted by Gasteiger charge is 2.13. The fraction of sp³-hybridized carbons (Fsp3) is 1.00.